The molecule has 0 N–H and O–H groups in total. The second kappa shape index (κ2) is 9.77. The second-order valence-corrected chi connectivity index (χ2v) is 9.41. The molecule has 2 aromatic carbocycles. The molecule has 0 bridgehead atoms. The summed E-state index contributed by atoms with van der Waals surface area (Å²) in [6, 6.07) is 8.72. The Morgan fingerprint density at radius 1 is 0.912 bits per heavy atom. The van der Waals surface area contributed by atoms with Crippen LogP contribution in [-0.4, -0.2) is 46.0 Å². The van der Waals surface area contributed by atoms with Gasteiger partial charge in [-0.2, -0.15) is 22.0 Å². The molecule has 1 aromatic heterocycles. The third-order valence-corrected chi connectivity index (χ3v) is 7.01. The molecule has 0 atom stereocenters. The Hall–Kier alpha value is -2.27. The Bertz CT molecular complexity index is 1120. The van der Waals surface area contributed by atoms with Crippen LogP contribution in [0.25, 0.3) is 11.0 Å². The number of fused-ring (bicyclic) bond motifs is 1. The zero-order chi connectivity index (χ0) is 24.5. The van der Waals surface area contributed by atoms with E-state index in [0.29, 0.717) is 25.9 Å². The van der Waals surface area contributed by atoms with Gasteiger partial charge in [-0.3, -0.25) is 0 Å². The fourth-order valence-corrected chi connectivity index (χ4v) is 5.04. The maximum Gasteiger partial charge on any atom is 0.461 e. The molecule has 11 heteroatoms. The highest BCUT2D eigenvalue weighted by molar-refractivity contribution is 7.99. The number of imidazole rings is 1. The van der Waals surface area contributed by atoms with Crippen LogP contribution >= 0.6 is 11.8 Å². The predicted octanol–water partition coefficient (Wildman–Crippen LogP) is 6.79. The number of benzene rings is 2. The summed E-state index contributed by atoms with van der Waals surface area (Å²) in [4.78, 5) is 6.61. The number of thioether (sulfide) groups is 1. The van der Waals surface area contributed by atoms with E-state index in [1.54, 1.807) is 23.9 Å². The zero-order valence-corrected chi connectivity index (χ0v) is 18.8. The lowest BCUT2D eigenvalue weighted by Crippen LogP contribution is -2.40. The summed E-state index contributed by atoms with van der Waals surface area (Å²) >= 11 is 1.60. The topological polar surface area (TPSA) is 21.1 Å². The number of hydrogen-bond donors (Lipinski definition) is 0. The molecule has 34 heavy (non-hydrogen) atoms. The number of nitrogens with zero attached hydrogens (tertiary/aromatic N) is 3. The van der Waals surface area contributed by atoms with Gasteiger partial charge in [0.25, 0.3) is 0 Å². The molecule has 1 saturated heterocycles. The first-order chi connectivity index (χ1) is 16.1. The summed E-state index contributed by atoms with van der Waals surface area (Å²) in [7, 11) is 0. The molecule has 0 radical (unpaired) electrons. The van der Waals surface area contributed by atoms with Crippen LogP contribution in [0, 0.1) is 11.6 Å². The van der Waals surface area contributed by atoms with Crippen molar-refractivity contribution in [1.82, 2.24) is 14.5 Å². The highest BCUT2D eigenvalue weighted by atomic mass is 32.2. The molecule has 0 saturated carbocycles. The van der Waals surface area contributed by atoms with E-state index in [-0.39, 0.29) is 16.9 Å². The van der Waals surface area contributed by atoms with Crippen molar-refractivity contribution >= 4 is 22.8 Å². The third kappa shape index (κ3) is 5.19. The molecule has 1 fully saturated rings. The van der Waals surface area contributed by atoms with Crippen molar-refractivity contribution in [3.05, 3.63) is 59.9 Å². The van der Waals surface area contributed by atoms with E-state index >= 15 is 0 Å². The van der Waals surface area contributed by atoms with Crippen LogP contribution < -0.4 is 0 Å². The minimum absolute atomic E-state index is 0.0643. The van der Waals surface area contributed by atoms with E-state index in [1.807, 2.05) is 0 Å². The number of hydrogen-bond acceptors (Lipinski definition) is 3. The molecular weight excluding hydrogens is 483 g/mol. The van der Waals surface area contributed by atoms with Crippen molar-refractivity contribution in [2.24, 2.45) is 0 Å². The van der Waals surface area contributed by atoms with Crippen molar-refractivity contribution in [1.29, 1.82) is 0 Å². The SMILES string of the molecule is Fc1ccc(SCCCN2CCC(n3c(C(F)(F)C(F)(F)F)nc4cc(F)ccc43)CC2)cc1. The van der Waals surface area contributed by atoms with Gasteiger partial charge in [-0.1, -0.05) is 0 Å². The van der Waals surface area contributed by atoms with Crippen LogP contribution in [0.4, 0.5) is 30.7 Å². The van der Waals surface area contributed by atoms with Gasteiger partial charge in [-0.05, 0) is 68.0 Å². The van der Waals surface area contributed by atoms with Gasteiger partial charge in [0.2, 0.25) is 0 Å². The molecule has 0 aliphatic carbocycles. The average Bonchev–Trinajstić information content (AvgIpc) is 3.17. The minimum atomic E-state index is -5.81. The van der Waals surface area contributed by atoms with Gasteiger partial charge in [0.05, 0.1) is 11.0 Å². The van der Waals surface area contributed by atoms with Gasteiger partial charge < -0.3 is 9.47 Å². The first-order valence-electron chi connectivity index (χ1n) is 10.8. The quantitative estimate of drug-likeness (QED) is 0.201. The summed E-state index contributed by atoms with van der Waals surface area (Å²) in [5.74, 6) is -6.79. The second-order valence-electron chi connectivity index (χ2n) is 8.24. The summed E-state index contributed by atoms with van der Waals surface area (Å²) in [6.45, 7) is 1.82. The highest BCUT2D eigenvalue weighted by Gasteiger charge is 2.62. The largest absolute Gasteiger partial charge is 0.461 e. The number of halogens is 7. The molecule has 1 aliphatic heterocycles. The number of alkyl halides is 5. The van der Waals surface area contributed by atoms with Gasteiger partial charge in [-0.25, -0.2) is 13.8 Å². The van der Waals surface area contributed by atoms with Crippen LogP contribution in [0.2, 0.25) is 0 Å². The number of aromatic nitrogens is 2. The van der Waals surface area contributed by atoms with E-state index in [9.17, 15) is 30.7 Å². The summed E-state index contributed by atoms with van der Waals surface area (Å²) < 4.78 is 95.6. The van der Waals surface area contributed by atoms with E-state index in [0.717, 1.165) is 40.3 Å². The van der Waals surface area contributed by atoms with Crippen molar-refractivity contribution < 1.29 is 30.7 Å². The molecule has 3 aromatic rings. The van der Waals surface area contributed by atoms with Crippen LogP contribution in [0.15, 0.2) is 47.4 Å². The molecule has 0 unspecified atom stereocenters. The smallest absolute Gasteiger partial charge is 0.319 e. The normalized spacial score (nSPS) is 16.4. The van der Waals surface area contributed by atoms with Crippen LogP contribution in [-0.2, 0) is 5.92 Å². The first kappa shape index (κ1) is 24.8. The molecule has 2 heterocycles. The standard InChI is InChI=1S/C23H22F7N3S/c24-15-2-5-18(6-3-15)34-13-1-10-32-11-8-17(9-12-32)33-20-7-4-16(25)14-19(20)31-21(33)22(26,27)23(28,29)30/h2-7,14,17H,1,8-13H2. The Labute approximate surface area is 195 Å². The predicted molar refractivity (Wildman–Crippen MR) is 116 cm³/mol. The summed E-state index contributed by atoms with van der Waals surface area (Å²) in [5.41, 5.74) is -0.159. The van der Waals surface area contributed by atoms with E-state index in [1.165, 1.54) is 18.2 Å². The van der Waals surface area contributed by atoms with Gasteiger partial charge in [0, 0.05) is 30.1 Å². The van der Waals surface area contributed by atoms with Crippen LogP contribution in [0.1, 0.15) is 31.1 Å². The van der Waals surface area contributed by atoms with Crippen molar-refractivity contribution in [2.45, 2.75) is 42.3 Å². The lowest BCUT2D eigenvalue weighted by molar-refractivity contribution is -0.293. The maximum atomic E-state index is 14.3. The average molecular weight is 506 g/mol. The molecule has 3 nitrogen and oxygen atoms in total. The van der Waals surface area contributed by atoms with Gasteiger partial charge in [0.1, 0.15) is 11.6 Å². The molecule has 184 valence electrons. The number of likely N-dealkylation sites (tertiary alicyclic amines) is 1. The van der Waals surface area contributed by atoms with Crippen LogP contribution in [0.5, 0.6) is 0 Å². The van der Waals surface area contributed by atoms with E-state index in [2.05, 4.69) is 9.88 Å². The Balaban J connectivity index is 1.42. The van der Waals surface area contributed by atoms with Crippen molar-refractivity contribution in [3.63, 3.8) is 0 Å². The minimum Gasteiger partial charge on any atom is -0.319 e. The summed E-state index contributed by atoms with van der Waals surface area (Å²) in [6.07, 6.45) is -4.23. The Morgan fingerprint density at radius 2 is 1.56 bits per heavy atom. The van der Waals surface area contributed by atoms with Crippen LogP contribution in [0.3, 0.4) is 0 Å². The first-order valence-corrected chi connectivity index (χ1v) is 11.8. The fraction of sp³-hybridized carbons (Fsp3) is 0.435. The van der Waals surface area contributed by atoms with Crippen molar-refractivity contribution in [2.75, 3.05) is 25.4 Å². The summed E-state index contributed by atoms with van der Waals surface area (Å²) in [5, 5.41) is 0. The third-order valence-electron chi connectivity index (χ3n) is 5.91. The number of rotatable bonds is 7. The van der Waals surface area contributed by atoms with Gasteiger partial charge >= 0.3 is 12.1 Å². The van der Waals surface area contributed by atoms with E-state index < -0.39 is 29.8 Å². The fourth-order valence-electron chi connectivity index (χ4n) is 4.20. The zero-order valence-electron chi connectivity index (χ0n) is 18.0. The monoisotopic (exact) mass is 505 g/mol. The number of piperidine rings is 1. The lowest BCUT2D eigenvalue weighted by atomic mass is 10.0. The molecular formula is C23H22F7N3S. The molecule has 4 rings (SSSR count). The molecule has 0 spiro atoms. The highest BCUT2D eigenvalue weighted by Crippen LogP contribution is 2.46. The molecule has 0 amide bonds. The van der Waals surface area contributed by atoms with Gasteiger partial charge in [0.15, 0.2) is 5.82 Å². The van der Waals surface area contributed by atoms with Crippen molar-refractivity contribution in [3.8, 4) is 0 Å². The van der Waals surface area contributed by atoms with E-state index in [4.69, 9.17) is 0 Å². The Kier molecular flexibility index (Phi) is 7.14. The lowest BCUT2D eigenvalue weighted by Gasteiger charge is -2.34. The Morgan fingerprint density at radius 3 is 2.21 bits per heavy atom. The maximum absolute atomic E-state index is 14.3. The molecule has 1 aliphatic rings. The van der Waals surface area contributed by atoms with Gasteiger partial charge in [-0.15, -0.1) is 11.8 Å².